The molecule has 0 radical (unpaired) electrons. The van der Waals surface area contributed by atoms with Crippen molar-refractivity contribution in [1.82, 2.24) is 0 Å². The van der Waals surface area contributed by atoms with Gasteiger partial charge in [0, 0.05) is 12.0 Å². The van der Waals surface area contributed by atoms with Gasteiger partial charge in [0.05, 0.1) is 5.88 Å². The van der Waals surface area contributed by atoms with Crippen molar-refractivity contribution in [2.24, 2.45) is 0 Å². The van der Waals surface area contributed by atoms with Crippen molar-refractivity contribution in [2.45, 2.75) is 19.4 Å². The minimum atomic E-state index is -0.668. The van der Waals surface area contributed by atoms with Crippen LogP contribution >= 0.6 is 11.6 Å². The minimum absolute atomic E-state index is 0.104. The number of carbonyl (C=O) groups is 1. The number of aliphatic hydroxyl groups is 1. The van der Waals surface area contributed by atoms with Crippen LogP contribution in [0, 0.1) is 0 Å². The summed E-state index contributed by atoms with van der Waals surface area (Å²) < 4.78 is 5.28. The molecule has 1 atom stereocenters. The van der Waals surface area contributed by atoms with Crippen LogP contribution in [0.25, 0.3) is 0 Å². The summed E-state index contributed by atoms with van der Waals surface area (Å²) in [5.74, 6) is 0.871. The molecule has 1 aromatic carbocycles. The zero-order valence-corrected chi connectivity index (χ0v) is 9.91. The van der Waals surface area contributed by atoms with Gasteiger partial charge in [0.1, 0.15) is 18.5 Å². The van der Waals surface area contributed by atoms with E-state index in [0.29, 0.717) is 17.7 Å². The molecule has 0 fully saturated rings. The number of hydrogen-bond donors (Lipinski definition) is 1. The van der Waals surface area contributed by atoms with Crippen molar-refractivity contribution in [3.05, 3.63) is 29.8 Å². The maximum absolute atomic E-state index is 11.3. The molecule has 0 heterocycles. The van der Waals surface area contributed by atoms with E-state index in [4.69, 9.17) is 16.3 Å². The quantitative estimate of drug-likeness (QED) is 0.615. The first-order valence-corrected chi connectivity index (χ1v) is 5.71. The highest BCUT2D eigenvalue weighted by Crippen LogP contribution is 2.13. The highest BCUT2D eigenvalue weighted by atomic mass is 35.5. The van der Waals surface area contributed by atoms with Crippen LogP contribution in [0.4, 0.5) is 0 Å². The number of ether oxygens (including phenoxy) is 1. The van der Waals surface area contributed by atoms with E-state index in [0.717, 1.165) is 0 Å². The second-order valence-electron chi connectivity index (χ2n) is 3.42. The third-order valence-electron chi connectivity index (χ3n) is 2.12. The zero-order valence-electron chi connectivity index (χ0n) is 9.15. The molecule has 0 aromatic heterocycles. The molecule has 16 heavy (non-hydrogen) atoms. The number of halogens is 1. The maximum Gasteiger partial charge on any atom is 0.162 e. The Bertz CT molecular complexity index is 335. The summed E-state index contributed by atoms with van der Waals surface area (Å²) in [6.45, 7) is 1.98. The van der Waals surface area contributed by atoms with E-state index in [2.05, 4.69) is 0 Å². The lowest BCUT2D eigenvalue weighted by molar-refractivity contribution is 0.0987. The number of rotatable bonds is 6. The van der Waals surface area contributed by atoms with Crippen LogP contribution in [-0.4, -0.2) is 29.5 Å². The van der Waals surface area contributed by atoms with Gasteiger partial charge in [-0.1, -0.05) is 6.92 Å². The lowest BCUT2D eigenvalue weighted by Gasteiger charge is -2.09. The standard InChI is InChI=1S/C12H15ClO3/c1-2-12(15)9-3-5-11(6-4-9)16-8-10(14)7-13/h3-6,10,14H,2,7-8H2,1H3. The highest BCUT2D eigenvalue weighted by Gasteiger charge is 2.05. The Morgan fingerprint density at radius 3 is 2.56 bits per heavy atom. The number of Topliss-reactive ketones (excluding diaryl/α,β-unsaturated/α-hetero) is 1. The van der Waals surface area contributed by atoms with Crippen LogP contribution < -0.4 is 4.74 Å². The first-order valence-electron chi connectivity index (χ1n) is 5.17. The predicted molar refractivity (Wildman–Crippen MR) is 63.3 cm³/mol. The van der Waals surface area contributed by atoms with Gasteiger partial charge in [-0.2, -0.15) is 0 Å². The Morgan fingerprint density at radius 2 is 2.06 bits per heavy atom. The van der Waals surface area contributed by atoms with E-state index < -0.39 is 6.10 Å². The average molecular weight is 243 g/mol. The molecule has 0 bridgehead atoms. The lowest BCUT2D eigenvalue weighted by atomic mass is 10.1. The van der Waals surface area contributed by atoms with Crippen molar-refractivity contribution >= 4 is 17.4 Å². The third-order valence-corrected chi connectivity index (χ3v) is 2.47. The van der Waals surface area contributed by atoms with Gasteiger partial charge in [0.2, 0.25) is 0 Å². The van der Waals surface area contributed by atoms with Crippen molar-refractivity contribution in [3.63, 3.8) is 0 Å². The molecule has 3 nitrogen and oxygen atoms in total. The molecule has 0 spiro atoms. The molecule has 1 aromatic rings. The number of benzene rings is 1. The van der Waals surface area contributed by atoms with Gasteiger partial charge in [0.15, 0.2) is 5.78 Å². The van der Waals surface area contributed by atoms with Crippen LogP contribution in [0.5, 0.6) is 5.75 Å². The fourth-order valence-electron chi connectivity index (χ4n) is 1.18. The van der Waals surface area contributed by atoms with Crippen molar-refractivity contribution in [3.8, 4) is 5.75 Å². The smallest absolute Gasteiger partial charge is 0.162 e. The Kier molecular flexibility index (Phi) is 5.29. The number of hydrogen-bond acceptors (Lipinski definition) is 3. The number of carbonyl (C=O) groups excluding carboxylic acids is 1. The summed E-state index contributed by atoms with van der Waals surface area (Å²) in [5.41, 5.74) is 0.674. The normalized spacial score (nSPS) is 12.2. The molecular formula is C12H15ClO3. The molecule has 1 unspecified atom stereocenters. The average Bonchev–Trinajstić information content (AvgIpc) is 2.35. The summed E-state index contributed by atoms with van der Waals surface area (Å²) in [5, 5.41) is 9.19. The first kappa shape index (κ1) is 13.0. The van der Waals surface area contributed by atoms with Gasteiger partial charge in [-0.3, -0.25) is 4.79 Å². The van der Waals surface area contributed by atoms with Crippen molar-refractivity contribution in [2.75, 3.05) is 12.5 Å². The topological polar surface area (TPSA) is 46.5 Å². The van der Waals surface area contributed by atoms with Gasteiger partial charge in [0.25, 0.3) is 0 Å². The van der Waals surface area contributed by atoms with Crippen LogP contribution in [0.15, 0.2) is 24.3 Å². The van der Waals surface area contributed by atoms with E-state index in [1.165, 1.54) is 0 Å². The Hall–Kier alpha value is -1.06. The fraction of sp³-hybridized carbons (Fsp3) is 0.417. The molecule has 0 saturated carbocycles. The van der Waals surface area contributed by atoms with Gasteiger partial charge < -0.3 is 9.84 Å². The summed E-state index contributed by atoms with van der Waals surface area (Å²) in [6, 6.07) is 6.86. The van der Waals surface area contributed by atoms with E-state index in [-0.39, 0.29) is 18.3 Å². The van der Waals surface area contributed by atoms with Gasteiger partial charge in [-0.15, -0.1) is 11.6 Å². The number of alkyl halides is 1. The monoisotopic (exact) mass is 242 g/mol. The molecule has 0 aliphatic heterocycles. The lowest BCUT2D eigenvalue weighted by Crippen LogP contribution is -2.18. The molecule has 0 saturated heterocycles. The molecule has 0 aliphatic rings. The largest absolute Gasteiger partial charge is 0.491 e. The molecule has 0 aliphatic carbocycles. The van der Waals surface area contributed by atoms with Crippen LogP contribution in [0.1, 0.15) is 23.7 Å². The van der Waals surface area contributed by atoms with Crippen LogP contribution in [-0.2, 0) is 0 Å². The fourth-order valence-corrected chi connectivity index (χ4v) is 1.27. The van der Waals surface area contributed by atoms with Crippen LogP contribution in [0.2, 0.25) is 0 Å². The molecular weight excluding hydrogens is 228 g/mol. The SMILES string of the molecule is CCC(=O)c1ccc(OCC(O)CCl)cc1. The van der Waals surface area contributed by atoms with Gasteiger partial charge >= 0.3 is 0 Å². The minimum Gasteiger partial charge on any atom is -0.491 e. The predicted octanol–water partition coefficient (Wildman–Crippen LogP) is 2.26. The van der Waals surface area contributed by atoms with E-state index in [1.807, 2.05) is 6.92 Å². The summed E-state index contributed by atoms with van der Waals surface area (Å²) >= 11 is 5.43. The molecule has 0 amide bonds. The van der Waals surface area contributed by atoms with Crippen molar-refractivity contribution in [1.29, 1.82) is 0 Å². The number of ketones is 1. The zero-order chi connectivity index (χ0) is 12.0. The highest BCUT2D eigenvalue weighted by molar-refractivity contribution is 6.18. The molecule has 1 rings (SSSR count). The first-order chi connectivity index (χ1) is 7.67. The molecule has 4 heteroatoms. The van der Waals surface area contributed by atoms with Gasteiger partial charge in [-0.05, 0) is 24.3 Å². The van der Waals surface area contributed by atoms with E-state index >= 15 is 0 Å². The maximum atomic E-state index is 11.3. The summed E-state index contributed by atoms with van der Waals surface area (Å²) in [7, 11) is 0. The van der Waals surface area contributed by atoms with E-state index in [1.54, 1.807) is 24.3 Å². The second-order valence-corrected chi connectivity index (χ2v) is 3.73. The Balaban J connectivity index is 2.54. The summed E-state index contributed by atoms with van der Waals surface area (Å²) in [6.07, 6.45) is -0.177. The molecule has 1 N–H and O–H groups in total. The van der Waals surface area contributed by atoms with E-state index in [9.17, 15) is 9.90 Å². The third kappa shape index (κ3) is 3.83. The Morgan fingerprint density at radius 1 is 1.44 bits per heavy atom. The Labute approximate surface area is 100.0 Å². The van der Waals surface area contributed by atoms with Gasteiger partial charge in [-0.25, -0.2) is 0 Å². The second kappa shape index (κ2) is 6.51. The van der Waals surface area contributed by atoms with Crippen molar-refractivity contribution < 1.29 is 14.6 Å². The summed E-state index contributed by atoms with van der Waals surface area (Å²) in [4.78, 5) is 11.3. The van der Waals surface area contributed by atoms with Crippen LogP contribution in [0.3, 0.4) is 0 Å². The molecule has 88 valence electrons. The number of aliphatic hydroxyl groups excluding tert-OH is 1.